The van der Waals surface area contributed by atoms with E-state index in [1.807, 2.05) is 13.1 Å². The lowest BCUT2D eigenvalue weighted by molar-refractivity contribution is 0.538. The van der Waals surface area contributed by atoms with Crippen molar-refractivity contribution in [1.29, 1.82) is 0 Å². The number of nitrogens with one attached hydrogen (secondary N) is 1. The van der Waals surface area contributed by atoms with Crippen molar-refractivity contribution in [2.24, 2.45) is 5.73 Å². The van der Waals surface area contributed by atoms with Gasteiger partial charge in [0.05, 0.1) is 0 Å². The maximum atomic E-state index is 9.52. The molecular weight excluding hydrogens is 168 g/mol. The van der Waals surface area contributed by atoms with Crippen molar-refractivity contribution in [2.75, 3.05) is 19.6 Å². The zero-order chi connectivity index (χ0) is 9.45. The van der Waals surface area contributed by atoms with E-state index in [4.69, 9.17) is 5.73 Å². The molecule has 0 aromatic rings. The van der Waals surface area contributed by atoms with Crippen LogP contribution in [-0.4, -0.2) is 32.7 Å². The summed E-state index contributed by atoms with van der Waals surface area (Å²) in [6, 6.07) is 1.01. The van der Waals surface area contributed by atoms with E-state index in [0.29, 0.717) is 6.54 Å². The Morgan fingerprint density at radius 2 is 1.92 bits per heavy atom. The average molecular weight is 190 g/mol. The van der Waals surface area contributed by atoms with Gasteiger partial charge < -0.3 is 15.8 Å². The molecule has 4 heteroatoms. The van der Waals surface area contributed by atoms with Crippen LogP contribution in [0.4, 0.5) is 0 Å². The van der Waals surface area contributed by atoms with Gasteiger partial charge in [0.2, 0.25) is 0 Å². The minimum absolute atomic E-state index is 0.709. The van der Waals surface area contributed by atoms with E-state index >= 15 is 0 Å². The highest BCUT2D eigenvalue weighted by Crippen LogP contribution is 2.08. The van der Waals surface area contributed by atoms with Crippen LogP contribution in [0, 0.1) is 0 Å². The first-order valence-corrected chi connectivity index (χ1v) is 7.85. The third kappa shape index (κ3) is 10.1. The lowest BCUT2D eigenvalue weighted by Gasteiger charge is -2.13. The fraction of sp³-hybridized carbons (Fsp3) is 1.00. The van der Waals surface area contributed by atoms with Crippen molar-refractivity contribution in [3.8, 4) is 0 Å². The number of unbranched alkanes of at least 4 members (excludes halogenated alkanes) is 1. The minimum Gasteiger partial charge on any atom is -0.432 e. The van der Waals surface area contributed by atoms with Gasteiger partial charge in [0.25, 0.3) is 0 Å². The molecule has 12 heavy (non-hydrogen) atoms. The predicted octanol–water partition coefficient (Wildman–Crippen LogP) is 0.512. The summed E-state index contributed by atoms with van der Waals surface area (Å²) in [6.07, 6.45) is 2.28. The number of hydrogen-bond donors (Lipinski definition) is 3. The van der Waals surface area contributed by atoms with E-state index in [1.165, 1.54) is 0 Å². The highest BCUT2D eigenvalue weighted by Gasteiger charge is 2.14. The van der Waals surface area contributed by atoms with Gasteiger partial charge in [0.1, 0.15) is 0 Å². The molecule has 0 unspecified atom stereocenters. The molecule has 0 saturated heterocycles. The summed E-state index contributed by atoms with van der Waals surface area (Å²) in [5, 5.41) is 3.23. The van der Waals surface area contributed by atoms with Crippen LogP contribution in [0.25, 0.3) is 0 Å². The summed E-state index contributed by atoms with van der Waals surface area (Å²) in [5.74, 6) is 0. The zero-order valence-electron chi connectivity index (χ0n) is 8.27. The molecule has 0 fully saturated rings. The highest BCUT2D eigenvalue weighted by atomic mass is 28.4. The van der Waals surface area contributed by atoms with Gasteiger partial charge in [-0.3, -0.25) is 0 Å². The van der Waals surface area contributed by atoms with E-state index in [1.54, 1.807) is 0 Å². The van der Waals surface area contributed by atoms with Gasteiger partial charge in [-0.2, -0.15) is 0 Å². The quantitative estimate of drug-likeness (QED) is 0.405. The molecule has 0 aliphatic carbocycles. The first-order valence-electron chi connectivity index (χ1n) is 4.69. The SMILES string of the molecule is C[Si](C)(O)CCCCNCCN. The first-order chi connectivity index (χ1) is 5.56. The van der Waals surface area contributed by atoms with Crippen LogP contribution in [0.15, 0.2) is 0 Å². The maximum Gasteiger partial charge on any atom is 0.182 e. The van der Waals surface area contributed by atoms with Gasteiger partial charge in [-0.15, -0.1) is 0 Å². The molecule has 3 nitrogen and oxygen atoms in total. The summed E-state index contributed by atoms with van der Waals surface area (Å²) in [5.41, 5.74) is 5.32. The Morgan fingerprint density at radius 1 is 1.25 bits per heavy atom. The Morgan fingerprint density at radius 3 is 2.42 bits per heavy atom. The first kappa shape index (κ1) is 12.1. The minimum atomic E-state index is -1.78. The van der Waals surface area contributed by atoms with Crippen LogP contribution in [0.2, 0.25) is 19.1 Å². The third-order valence-electron chi connectivity index (χ3n) is 1.71. The molecule has 0 heterocycles. The van der Waals surface area contributed by atoms with E-state index in [2.05, 4.69) is 5.32 Å². The van der Waals surface area contributed by atoms with Crippen LogP contribution in [0.5, 0.6) is 0 Å². The smallest absolute Gasteiger partial charge is 0.182 e. The predicted molar refractivity (Wildman–Crippen MR) is 55.7 cm³/mol. The molecule has 0 aromatic carbocycles. The molecule has 0 atom stereocenters. The molecular formula is C8H22N2OSi. The molecule has 0 aromatic heterocycles. The fourth-order valence-electron chi connectivity index (χ4n) is 1.03. The molecule has 0 bridgehead atoms. The van der Waals surface area contributed by atoms with E-state index < -0.39 is 8.32 Å². The molecule has 0 amide bonds. The van der Waals surface area contributed by atoms with Crippen molar-refractivity contribution in [3.05, 3.63) is 0 Å². The normalized spacial score (nSPS) is 12.0. The summed E-state index contributed by atoms with van der Waals surface area (Å²) < 4.78 is 0. The molecule has 0 rings (SSSR count). The largest absolute Gasteiger partial charge is 0.432 e. The molecule has 0 saturated carbocycles. The Bertz CT molecular complexity index is 104. The van der Waals surface area contributed by atoms with Crippen molar-refractivity contribution in [2.45, 2.75) is 32.0 Å². The summed E-state index contributed by atoms with van der Waals surface area (Å²) in [4.78, 5) is 9.52. The summed E-state index contributed by atoms with van der Waals surface area (Å²) >= 11 is 0. The van der Waals surface area contributed by atoms with E-state index in [-0.39, 0.29) is 0 Å². The van der Waals surface area contributed by atoms with Crippen LogP contribution < -0.4 is 11.1 Å². The van der Waals surface area contributed by atoms with Gasteiger partial charge in [-0.25, -0.2) is 0 Å². The van der Waals surface area contributed by atoms with Crippen molar-refractivity contribution in [1.82, 2.24) is 5.32 Å². The van der Waals surface area contributed by atoms with Gasteiger partial charge in [-0.05, 0) is 32.1 Å². The molecule has 0 aliphatic heterocycles. The third-order valence-corrected chi connectivity index (χ3v) is 3.29. The monoisotopic (exact) mass is 190 g/mol. The Balaban J connectivity index is 3.01. The second-order valence-corrected chi connectivity index (χ2v) is 7.93. The second kappa shape index (κ2) is 6.60. The van der Waals surface area contributed by atoms with Crippen LogP contribution in [0.3, 0.4) is 0 Å². The average Bonchev–Trinajstić information content (AvgIpc) is 1.94. The molecule has 74 valence electrons. The van der Waals surface area contributed by atoms with Gasteiger partial charge in [-0.1, -0.05) is 6.42 Å². The lowest BCUT2D eigenvalue weighted by atomic mass is 10.3. The standard InChI is InChI=1S/C8H22N2OSi/c1-12(2,11)8-4-3-6-10-7-5-9/h10-11H,3-9H2,1-2H3. The second-order valence-electron chi connectivity index (χ2n) is 3.81. The van der Waals surface area contributed by atoms with Crippen molar-refractivity contribution in [3.63, 3.8) is 0 Å². The van der Waals surface area contributed by atoms with Crippen LogP contribution >= 0.6 is 0 Å². The fourth-order valence-corrected chi connectivity index (χ4v) is 2.15. The topological polar surface area (TPSA) is 58.3 Å². The van der Waals surface area contributed by atoms with E-state index in [9.17, 15) is 4.80 Å². The van der Waals surface area contributed by atoms with Crippen LogP contribution in [-0.2, 0) is 0 Å². The molecule has 0 spiro atoms. The van der Waals surface area contributed by atoms with E-state index in [0.717, 1.165) is 32.0 Å². The summed E-state index contributed by atoms with van der Waals surface area (Å²) in [7, 11) is -1.78. The van der Waals surface area contributed by atoms with Gasteiger partial charge >= 0.3 is 0 Å². The maximum absolute atomic E-state index is 9.52. The van der Waals surface area contributed by atoms with Gasteiger partial charge in [0, 0.05) is 13.1 Å². The van der Waals surface area contributed by atoms with Crippen LogP contribution in [0.1, 0.15) is 12.8 Å². The van der Waals surface area contributed by atoms with Crippen molar-refractivity contribution >= 4 is 8.32 Å². The van der Waals surface area contributed by atoms with Crippen molar-refractivity contribution < 1.29 is 4.80 Å². The Labute approximate surface area is 76.5 Å². The van der Waals surface area contributed by atoms with Gasteiger partial charge in [0.15, 0.2) is 8.32 Å². The number of rotatable bonds is 7. The summed E-state index contributed by atoms with van der Waals surface area (Å²) in [6.45, 7) is 6.61. The number of nitrogens with two attached hydrogens (primary N) is 1. The molecule has 4 N–H and O–H groups in total. The lowest BCUT2D eigenvalue weighted by Crippen LogP contribution is -2.26. The number of hydrogen-bond acceptors (Lipinski definition) is 3. The zero-order valence-corrected chi connectivity index (χ0v) is 9.27. The molecule has 0 radical (unpaired) electrons. The molecule has 0 aliphatic rings. The Kier molecular flexibility index (Phi) is 6.65. The Hall–Kier alpha value is 0.0969. The highest BCUT2D eigenvalue weighted by molar-refractivity contribution is 6.69.